The average molecular weight is 399 g/mol. The molecule has 26 heavy (non-hydrogen) atoms. The molecule has 6 nitrogen and oxygen atoms in total. The van der Waals surface area contributed by atoms with Gasteiger partial charge in [-0.15, -0.1) is 12.4 Å². The number of aromatic nitrogens is 2. The van der Waals surface area contributed by atoms with Gasteiger partial charge >= 0.3 is 0 Å². The van der Waals surface area contributed by atoms with Crippen LogP contribution in [-0.2, 0) is 11.2 Å². The number of halogens is 2. The van der Waals surface area contributed by atoms with Crippen LogP contribution in [0.3, 0.4) is 0 Å². The van der Waals surface area contributed by atoms with E-state index in [1.165, 1.54) is 12.8 Å². The number of benzene rings is 1. The van der Waals surface area contributed by atoms with Gasteiger partial charge in [-0.1, -0.05) is 16.8 Å². The summed E-state index contributed by atoms with van der Waals surface area (Å²) in [5.41, 5.74) is 0.859. The van der Waals surface area contributed by atoms with Gasteiger partial charge in [0, 0.05) is 30.0 Å². The van der Waals surface area contributed by atoms with Gasteiger partial charge in [0.2, 0.25) is 17.6 Å². The molecule has 1 aromatic carbocycles. The first-order valence-corrected chi connectivity index (χ1v) is 9.14. The molecular weight excluding hydrogens is 375 g/mol. The summed E-state index contributed by atoms with van der Waals surface area (Å²) in [6, 6.07) is 7.28. The number of amides is 1. The normalized spacial score (nSPS) is 16.7. The summed E-state index contributed by atoms with van der Waals surface area (Å²) in [7, 11) is 0. The highest BCUT2D eigenvalue weighted by Crippen LogP contribution is 2.19. The number of hydrogen-bond donors (Lipinski definition) is 2. The Bertz CT molecular complexity index is 685. The Morgan fingerprint density at radius 2 is 2.15 bits per heavy atom. The van der Waals surface area contributed by atoms with Gasteiger partial charge in [-0.3, -0.25) is 4.79 Å². The topological polar surface area (TPSA) is 80.0 Å². The molecule has 0 bridgehead atoms. The van der Waals surface area contributed by atoms with E-state index >= 15 is 0 Å². The maximum Gasteiger partial charge on any atom is 0.226 e. The van der Waals surface area contributed by atoms with Crippen molar-refractivity contribution in [2.75, 3.05) is 19.6 Å². The van der Waals surface area contributed by atoms with E-state index in [1.807, 2.05) is 12.1 Å². The maximum atomic E-state index is 11.9. The standard InChI is InChI=1S/C18H23ClN4O2.ClH/c19-15-8-6-14(7-9-15)18-22-17(25-23-18)5-1-4-16(24)21-12-13-3-2-10-20-11-13;/h6-9,13,20H,1-5,10-12H2,(H,21,24);1H. The smallest absolute Gasteiger partial charge is 0.226 e. The molecule has 1 aliphatic heterocycles. The number of rotatable bonds is 7. The lowest BCUT2D eigenvalue weighted by molar-refractivity contribution is -0.121. The van der Waals surface area contributed by atoms with Crippen LogP contribution in [0.15, 0.2) is 28.8 Å². The second-order valence-electron chi connectivity index (χ2n) is 6.39. The van der Waals surface area contributed by atoms with Crippen molar-refractivity contribution in [3.05, 3.63) is 35.2 Å². The van der Waals surface area contributed by atoms with E-state index < -0.39 is 0 Å². The SMILES string of the molecule is Cl.O=C(CCCc1nc(-c2ccc(Cl)cc2)no1)NCC1CCCNC1. The van der Waals surface area contributed by atoms with Crippen molar-refractivity contribution in [1.82, 2.24) is 20.8 Å². The van der Waals surface area contributed by atoms with E-state index in [9.17, 15) is 4.79 Å². The predicted molar refractivity (Wildman–Crippen MR) is 104 cm³/mol. The van der Waals surface area contributed by atoms with Crippen LogP contribution >= 0.6 is 24.0 Å². The van der Waals surface area contributed by atoms with Gasteiger partial charge in [0.15, 0.2) is 0 Å². The van der Waals surface area contributed by atoms with Crippen molar-refractivity contribution in [3.63, 3.8) is 0 Å². The summed E-state index contributed by atoms with van der Waals surface area (Å²) in [5, 5.41) is 11.0. The highest BCUT2D eigenvalue weighted by atomic mass is 35.5. The third-order valence-electron chi connectivity index (χ3n) is 4.35. The van der Waals surface area contributed by atoms with Crippen molar-refractivity contribution in [2.24, 2.45) is 5.92 Å². The van der Waals surface area contributed by atoms with Crippen molar-refractivity contribution >= 4 is 29.9 Å². The molecule has 0 radical (unpaired) electrons. The lowest BCUT2D eigenvalue weighted by Gasteiger charge is -2.22. The summed E-state index contributed by atoms with van der Waals surface area (Å²) in [4.78, 5) is 16.3. The zero-order valence-electron chi connectivity index (χ0n) is 14.5. The van der Waals surface area contributed by atoms with E-state index in [4.69, 9.17) is 16.1 Å². The third kappa shape index (κ3) is 6.27. The summed E-state index contributed by atoms with van der Waals surface area (Å²) in [5.74, 6) is 1.73. The van der Waals surface area contributed by atoms with Crippen LogP contribution < -0.4 is 10.6 Å². The third-order valence-corrected chi connectivity index (χ3v) is 4.60. The number of carbonyl (C=O) groups excluding carboxylic acids is 1. The fourth-order valence-corrected chi connectivity index (χ4v) is 3.04. The fourth-order valence-electron chi connectivity index (χ4n) is 2.92. The van der Waals surface area contributed by atoms with Gasteiger partial charge in [0.1, 0.15) is 0 Å². The number of aryl methyl sites for hydroxylation is 1. The van der Waals surface area contributed by atoms with Crippen LogP contribution in [0.25, 0.3) is 11.4 Å². The molecule has 3 rings (SSSR count). The average Bonchev–Trinajstić information content (AvgIpc) is 3.10. The van der Waals surface area contributed by atoms with E-state index in [2.05, 4.69) is 20.8 Å². The van der Waals surface area contributed by atoms with E-state index in [1.54, 1.807) is 12.1 Å². The molecule has 0 aliphatic carbocycles. The van der Waals surface area contributed by atoms with Crippen LogP contribution in [0, 0.1) is 5.92 Å². The number of hydrogen-bond acceptors (Lipinski definition) is 5. The van der Waals surface area contributed by atoms with Gasteiger partial charge < -0.3 is 15.2 Å². The Morgan fingerprint density at radius 1 is 1.35 bits per heavy atom. The second-order valence-corrected chi connectivity index (χ2v) is 6.83. The minimum atomic E-state index is 0. The Hall–Kier alpha value is -1.63. The van der Waals surface area contributed by atoms with E-state index in [0.717, 1.165) is 25.2 Å². The molecule has 0 saturated carbocycles. The highest BCUT2D eigenvalue weighted by molar-refractivity contribution is 6.30. The predicted octanol–water partition coefficient (Wildman–Crippen LogP) is 3.25. The second kappa shape index (κ2) is 10.5. The van der Waals surface area contributed by atoms with Crippen molar-refractivity contribution < 1.29 is 9.32 Å². The first-order chi connectivity index (χ1) is 12.2. The van der Waals surface area contributed by atoms with Crippen LogP contribution in [-0.4, -0.2) is 35.7 Å². The van der Waals surface area contributed by atoms with Crippen molar-refractivity contribution in [3.8, 4) is 11.4 Å². The maximum absolute atomic E-state index is 11.9. The van der Waals surface area contributed by atoms with Gasteiger partial charge in [-0.2, -0.15) is 4.98 Å². The van der Waals surface area contributed by atoms with E-state index in [-0.39, 0.29) is 18.3 Å². The first kappa shape index (κ1) is 20.7. The quantitative estimate of drug-likeness (QED) is 0.747. The largest absolute Gasteiger partial charge is 0.356 e. The zero-order valence-corrected chi connectivity index (χ0v) is 16.1. The van der Waals surface area contributed by atoms with Gasteiger partial charge in [0.25, 0.3) is 0 Å². The molecule has 1 aromatic heterocycles. The molecule has 1 fully saturated rings. The Kier molecular flexibility index (Phi) is 8.35. The lowest BCUT2D eigenvalue weighted by Crippen LogP contribution is -2.38. The lowest BCUT2D eigenvalue weighted by atomic mass is 10.00. The molecule has 2 heterocycles. The number of carbonyl (C=O) groups is 1. The monoisotopic (exact) mass is 398 g/mol. The van der Waals surface area contributed by atoms with Crippen LogP contribution in [0.4, 0.5) is 0 Å². The molecule has 142 valence electrons. The fraction of sp³-hybridized carbons (Fsp3) is 0.500. The molecule has 1 aliphatic rings. The molecule has 8 heteroatoms. The minimum absolute atomic E-state index is 0. The van der Waals surface area contributed by atoms with Crippen LogP contribution in [0.1, 0.15) is 31.6 Å². The zero-order chi connectivity index (χ0) is 17.5. The molecule has 1 unspecified atom stereocenters. The van der Waals surface area contributed by atoms with Crippen LogP contribution in [0.5, 0.6) is 0 Å². The van der Waals surface area contributed by atoms with Crippen LogP contribution in [0.2, 0.25) is 5.02 Å². The molecule has 2 aromatic rings. The number of nitrogens with one attached hydrogen (secondary N) is 2. The Morgan fingerprint density at radius 3 is 2.88 bits per heavy atom. The highest BCUT2D eigenvalue weighted by Gasteiger charge is 2.14. The minimum Gasteiger partial charge on any atom is -0.356 e. The van der Waals surface area contributed by atoms with Gasteiger partial charge in [-0.05, 0) is 62.5 Å². The molecule has 1 atom stereocenters. The number of piperidine rings is 1. The van der Waals surface area contributed by atoms with Crippen molar-refractivity contribution in [1.29, 1.82) is 0 Å². The molecule has 1 amide bonds. The first-order valence-electron chi connectivity index (χ1n) is 8.76. The number of nitrogens with zero attached hydrogens (tertiary/aromatic N) is 2. The molecular formula is C18H24Cl2N4O2. The molecule has 1 saturated heterocycles. The molecule has 0 spiro atoms. The summed E-state index contributed by atoms with van der Waals surface area (Å²) >= 11 is 5.87. The molecule has 2 N–H and O–H groups in total. The Labute approximate surface area is 164 Å². The van der Waals surface area contributed by atoms with Gasteiger partial charge in [-0.25, -0.2) is 0 Å². The van der Waals surface area contributed by atoms with E-state index in [0.29, 0.717) is 41.9 Å². The summed E-state index contributed by atoms with van der Waals surface area (Å²) in [6.07, 6.45) is 4.13. The summed E-state index contributed by atoms with van der Waals surface area (Å²) in [6.45, 7) is 2.84. The summed E-state index contributed by atoms with van der Waals surface area (Å²) < 4.78 is 5.25. The van der Waals surface area contributed by atoms with Crippen molar-refractivity contribution in [2.45, 2.75) is 32.1 Å². The van der Waals surface area contributed by atoms with Gasteiger partial charge in [0.05, 0.1) is 0 Å². The Balaban J connectivity index is 0.00000243.